The lowest BCUT2D eigenvalue weighted by Crippen LogP contribution is -2.60. The summed E-state index contributed by atoms with van der Waals surface area (Å²) in [6, 6.07) is 18.2. The largest absolute Gasteiger partial charge is 0.497 e. The van der Waals surface area contributed by atoms with E-state index in [-0.39, 0.29) is 17.9 Å². The van der Waals surface area contributed by atoms with Gasteiger partial charge in [0, 0.05) is 61.9 Å². The summed E-state index contributed by atoms with van der Waals surface area (Å²) in [6.07, 6.45) is 4.25. The van der Waals surface area contributed by atoms with E-state index in [1.165, 1.54) is 16.8 Å². The first-order valence-electron chi connectivity index (χ1n) is 11.7. The Morgan fingerprint density at radius 3 is 2.76 bits per heavy atom. The van der Waals surface area contributed by atoms with Crippen molar-refractivity contribution in [2.45, 2.75) is 25.6 Å². The van der Waals surface area contributed by atoms with Gasteiger partial charge in [-0.05, 0) is 47.4 Å². The Bertz CT molecular complexity index is 1140. The van der Waals surface area contributed by atoms with Crippen LogP contribution in [0.2, 0.25) is 5.02 Å². The van der Waals surface area contributed by atoms with Gasteiger partial charge in [0.15, 0.2) is 0 Å². The lowest BCUT2D eigenvalue weighted by atomic mass is 9.83. The predicted molar refractivity (Wildman–Crippen MR) is 134 cm³/mol. The van der Waals surface area contributed by atoms with Crippen LogP contribution < -0.4 is 15.0 Å². The molecular formula is C27H29ClN4O2. The molecule has 2 aliphatic heterocycles. The second-order valence-corrected chi connectivity index (χ2v) is 9.44. The Labute approximate surface area is 205 Å². The van der Waals surface area contributed by atoms with Gasteiger partial charge in [0.05, 0.1) is 19.1 Å². The molecule has 0 saturated carbocycles. The molecule has 1 N–H and O–H groups in total. The average molecular weight is 477 g/mol. The second kappa shape index (κ2) is 10.0. The number of hydrogen-bond acceptors (Lipinski definition) is 5. The third-order valence-corrected chi connectivity index (χ3v) is 7.11. The van der Waals surface area contributed by atoms with E-state index < -0.39 is 0 Å². The van der Waals surface area contributed by atoms with Crippen LogP contribution in [0.15, 0.2) is 67.0 Å². The van der Waals surface area contributed by atoms with Gasteiger partial charge in [0.25, 0.3) is 0 Å². The first kappa shape index (κ1) is 22.7. The summed E-state index contributed by atoms with van der Waals surface area (Å²) in [6.45, 7) is 3.95. The zero-order chi connectivity index (χ0) is 23.5. The van der Waals surface area contributed by atoms with Gasteiger partial charge >= 0.3 is 0 Å². The molecule has 0 spiro atoms. The highest BCUT2D eigenvalue weighted by Gasteiger charge is 2.41. The predicted octanol–water partition coefficient (Wildman–Crippen LogP) is 3.92. The molecule has 5 rings (SSSR count). The Balaban J connectivity index is 1.37. The van der Waals surface area contributed by atoms with Crippen LogP contribution in [-0.2, 0) is 24.3 Å². The second-order valence-electron chi connectivity index (χ2n) is 9.01. The normalized spacial score (nSPS) is 19.8. The molecule has 1 fully saturated rings. The van der Waals surface area contributed by atoms with Gasteiger partial charge < -0.3 is 15.0 Å². The van der Waals surface area contributed by atoms with Crippen molar-refractivity contribution in [1.82, 2.24) is 15.2 Å². The first-order chi connectivity index (χ1) is 16.6. The topological polar surface area (TPSA) is 57.7 Å². The maximum atomic E-state index is 13.4. The molecule has 3 aromatic rings. The van der Waals surface area contributed by atoms with E-state index in [1.54, 1.807) is 19.5 Å². The third kappa shape index (κ3) is 4.88. The number of halogens is 1. The van der Waals surface area contributed by atoms with Gasteiger partial charge in [-0.2, -0.15) is 0 Å². The minimum Gasteiger partial charge on any atom is -0.497 e. The van der Waals surface area contributed by atoms with E-state index in [0.717, 1.165) is 42.5 Å². The number of pyridine rings is 1. The molecule has 6 nitrogen and oxygen atoms in total. The first-order valence-corrected chi connectivity index (χ1v) is 12.1. The highest BCUT2D eigenvalue weighted by atomic mass is 35.5. The fourth-order valence-electron chi connectivity index (χ4n) is 5.08. The number of ether oxygens (including phenoxy) is 1. The molecule has 3 heterocycles. The van der Waals surface area contributed by atoms with E-state index in [1.807, 2.05) is 30.3 Å². The van der Waals surface area contributed by atoms with Crippen molar-refractivity contribution in [3.05, 3.63) is 88.7 Å². The van der Waals surface area contributed by atoms with Crippen LogP contribution in [-0.4, -0.2) is 48.6 Å². The van der Waals surface area contributed by atoms with Gasteiger partial charge in [-0.15, -0.1) is 0 Å². The number of rotatable bonds is 6. The van der Waals surface area contributed by atoms with Crippen LogP contribution >= 0.6 is 11.6 Å². The summed E-state index contributed by atoms with van der Waals surface area (Å²) in [5.74, 6) is 0.805. The third-order valence-electron chi connectivity index (χ3n) is 6.85. The molecular weight excluding hydrogens is 448 g/mol. The molecule has 176 valence electrons. The number of hydrogen-bond donors (Lipinski definition) is 1. The molecule has 0 unspecified atom stereocenters. The van der Waals surface area contributed by atoms with Crippen LogP contribution in [0.3, 0.4) is 0 Å². The van der Waals surface area contributed by atoms with Crippen LogP contribution in [0.5, 0.6) is 5.75 Å². The summed E-state index contributed by atoms with van der Waals surface area (Å²) in [5.41, 5.74) is 4.62. The van der Waals surface area contributed by atoms with Crippen molar-refractivity contribution in [3.8, 4) is 5.75 Å². The number of methoxy groups -OCH3 is 1. The minimum atomic E-state index is -0.134. The maximum Gasteiger partial charge on any atom is 0.225 e. The molecule has 2 aromatic carbocycles. The number of fused-ring (bicyclic) bond motifs is 3. The number of carbonyl (C=O) groups excluding carboxylic acids is 1. The Kier molecular flexibility index (Phi) is 6.70. The van der Waals surface area contributed by atoms with Crippen molar-refractivity contribution in [1.29, 1.82) is 0 Å². The van der Waals surface area contributed by atoms with E-state index >= 15 is 0 Å². The quantitative estimate of drug-likeness (QED) is 0.584. The lowest BCUT2D eigenvalue weighted by molar-refractivity contribution is -0.126. The fraction of sp³-hybridized carbons (Fsp3) is 0.333. The van der Waals surface area contributed by atoms with Crippen molar-refractivity contribution >= 4 is 23.2 Å². The Morgan fingerprint density at radius 2 is 2.00 bits per heavy atom. The zero-order valence-electron chi connectivity index (χ0n) is 19.3. The minimum absolute atomic E-state index is 0.0914. The molecule has 0 radical (unpaired) electrons. The monoisotopic (exact) mass is 476 g/mol. The van der Waals surface area contributed by atoms with Crippen LogP contribution in [0.25, 0.3) is 0 Å². The number of carbonyl (C=O) groups is 1. The summed E-state index contributed by atoms with van der Waals surface area (Å²) in [5, 5.41) is 3.91. The number of amides is 1. The van der Waals surface area contributed by atoms with Gasteiger partial charge in [0.1, 0.15) is 5.75 Å². The highest BCUT2D eigenvalue weighted by Crippen LogP contribution is 2.38. The van der Waals surface area contributed by atoms with E-state index in [2.05, 4.69) is 44.4 Å². The standard InChI is InChI=1S/C27H29ClN4O2/c1-34-23-9-6-21-13-24(27(33)30-16-20-3-2-10-29-15-20)26-18-31(11-12-32(26)25(21)14-23)17-19-4-7-22(28)8-5-19/h2-10,14-15,24,26H,11-13,16-18H2,1H3,(H,30,33)/t24-,26-/m0/s1. The fourth-order valence-corrected chi connectivity index (χ4v) is 5.20. The molecule has 2 atom stereocenters. The molecule has 2 aliphatic rings. The van der Waals surface area contributed by atoms with Crippen molar-refractivity contribution < 1.29 is 9.53 Å². The SMILES string of the molecule is COc1ccc2c(c1)N1CCN(Cc3ccc(Cl)cc3)C[C@H]1[C@@H](C(=O)NCc1cccnc1)C2. The van der Waals surface area contributed by atoms with Gasteiger partial charge in [0.2, 0.25) is 5.91 Å². The molecule has 1 saturated heterocycles. The smallest absolute Gasteiger partial charge is 0.225 e. The van der Waals surface area contributed by atoms with E-state index in [0.29, 0.717) is 13.0 Å². The van der Waals surface area contributed by atoms with E-state index in [4.69, 9.17) is 16.3 Å². The average Bonchev–Trinajstić information content (AvgIpc) is 2.88. The summed E-state index contributed by atoms with van der Waals surface area (Å²) >= 11 is 6.07. The number of anilines is 1. The van der Waals surface area contributed by atoms with Gasteiger partial charge in [-0.3, -0.25) is 14.7 Å². The Hall–Kier alpha value is -3.09. The van der Waals surface area contributed by atoms with Crippen LogP contribution in [0.4, 0.5) is 5.69 Å². The van der Waals surface area contributed by atoms with Crippen molar-refractivity contribution in [3.63, 3.8) is 0 Å². The van der Waals surface area contributed by atoms with E-state index in [9.17, 15) is 4.79 Å². The lowest BCUT2D eigenvalue weighted by Gasteiger charge is -2.49. The molecule has 0 aliphatic carbocycles. The number of nitrogens with one attached hydrogen (secondary N) is 1. The highest BCUT2D eigenvalue weighted by molar-refractivity contribution is 6.30. The van der Waals surface area contributed by atoms with Gasteiger partial charge in [-0.25, -0.2) is 0 Å². The van der Waals surface area contributed by atoms with Crippen LogP contribution in [0, 0.1) is 5.92 Å². The molecule has 0 bridgehead atoms. The number of piperazine rings is 1. The molecule has 34 heavy (non-hydrogen) atoms. The summed E-state index contributed by atoms with van der Waals surface area (Å²) < 4.78 is 5.50. The maximum absolute atomic E-state index is 13.4. The Morgan fingerprint density at radius 1 is 1.15 bits per heavy atom. The molecule has 7 heteroatoms. The number of aromatic nitrogens is 1. The number of nitrogens with zero attached hydrogens (tertiary/aromatic N) is 3. The number of benzene rings is 2. The van der Waals surface area contributed by atoms with Crippen molar-refractivity contribution in [2.24, 2.45) is 5.92 Å². The summed E-state index contributed by atoms with van der Waals surface area (Å²) in [7, 11) is 1.70. The zero-order valence-corrected chi connectivity index (χ0v) is 20.0. The summed E-state index contributed by atoms with van der Waals surface area (Å²) in [4.78, 5) is 22.5. The van der Waals surface area contributed by atoms with Crippen molar-refractivity contribution in [2.75, 3.05) is 31.6 Å². The molecule has 1 aromatic heterocycles. The van der Waals surface area contributed by atoms with Crippen LogP contribution in [0.1, 0.15) is 16.7 Å². The molecule has 1 amide bonds. The van der Waals surface area contributed by atoms with Gasteiger partial charge in [-0.1, -0.05) is 35.9 Å².